The fraction of sp³-hybridized carbons (Fsp3) is 0.526. The van der Waals surface area contributed by atoms with E-state index < -0.39 is 0 Å². The van der Waals surface area contributed by atoms with Crippen molar-refractivity contribution in [2.24, 2.45) is 7.05 Å². The first-order valence-electron chi connectivity index (χ1n) is 9.22. The molecule has 0 saturated carbocycles. The average Bonchev–Trinajstić information content (AvgIpc) is 3.11. The number of aryl methyl sites for hydroxylation is 3. The third-order valence-corrected chi connectivity index (χ3v) is 6.43. The minimum Gasteiger partial charge on any atom is -0.322 e. The number of nitrogens with one attached hydrogen (secondary N) is 1. The van der Waals surface area contributed by atoms with Crippen molar-refractivity contribution in [3.05, 3.63) is 32.2 Å². The Bertz CT molecular complexity index is 1060. The topological polar surface area (TPSA) is 64.7 Å². The number of thiophene rings is 1. The molecule has 4 rings (SSSR count). The van der Waals surface area contributed by atoms with Gasteiger partial charge in [0.2, 0.25) is 5.95 Å². The van der Waals surface area contributed by atoms with E-state index in [2.05, 4.69) is 24.3 Å². The van der Waals surface area contributed by atoms with Crippen LogP contribution in [0.25, 0.3) is 10.2 Å². The van der Waals surface area contributed by atoms with Gasteiger partial charge in [0, 0.05) is 18.0 Å². The zero-order chi connectivity index (χ0) is 18.6. The molecule has 0 bridgehead atoms. The van der Waals surface area contributed by atoms with Gasteiger partial charge in [0.25, 0.3) is 5.56 Å². The van der Waals surface area contributed by atoms with Crippen LogP contribution >= 0.6 is 11.3 Å². The molecule has 138 valence electrons. The maximum absolute atomic E-state index is 13.0. The Morgan fingerprint density at radius 2 is 1.92 bits per heavy atom. The van der Waals surface area contributed by atoms with Gasteiger partial charge in [-0.2, -0.15) is 5.10 Å². The molecule has 0 aromatic carbocycles. The van der Waals surface area contributed by atoms with Crippen LogP contribution in [0.1, 0.15) is 54.6 Å². The van der Waals surface area contributed by atoms with Crippen LogP contribution in [-0.4, -0.2) is 19.3 Å². The second kappa shape index (κ2) is 6.23. The summed E-state index contributed by atoms with van der Waals surface area (Å²) in [6.45, 7) is 8.25. The number of nitrogens with zero attached hydrogens (tertiary/aromatic N) is 4. The van der Waals surface area contributed by atoms with Gasteiger partial charge in [-0.25, -0.2) is 4.98 Å². The Balaban J connectivity index is 1.84. The first kappa shape index (κ1) is 17.3. The number of hydrogen-bond acceptors (Lipinski definition) is 5. The normalized spacial score (nSPS) is 14.2. The number of anilines is 2. The lowest BCUT2D eigenvalue weighted by molar-refractivity contribution is 0.516. The SMILES string of the molecule is Cc1nn(C(C)C)c(C)c1Nc1nc2sc3c(c2c(=O)n1C)CCCC3. The van der Waals surface area contributed by atoms with Crippen molar-refractivity contribution in [1.82, 2.24) is 19.3 Å². The molecule has 3 aromatic rings. The summed E-state index contributed by atoms with van der Waals surface area (Å²) in [5.74, 6) is 0.579. The lowest BCUT2D eigenvalue weighted by Crippen LogP contribution is -2.22. The fourth-order valence-corrected chi connectivity index (χ4v) is 5.11. The van der Waals surface area contributed by atoms with Gasteiger partial charge in [0.1, 0.15) is 4.83 Å². The van der Waals surface area contributed by atoms with E-state index in [-0.39, 0.29) is 11.6 Å². The second-order valence-electron chi connectivity index (χ2n) is 7.40. The van der Waals surface area contributed by atoms with Crippen molar-refractivity contribution in [2.45, 2.75) is 59.4 Å². The van der Waals surface area contributed by atoms with E-state index in [1.807, 2.05) is 18.5 Å². The van der Waals surface area contributed by atoms with Gasteiger partial charge in [0.15, 0.2) is 0 Å². The number of rotatable bonds is 3. The van der Waals surface area contributed by atoms with Crippen LogP contribution in [0, 0.1) is 13.8 Å². The van der Waals surface area contributed by atoms with Crippen LogP contribution in [0.15, 0.2) is 4.79 Å². The van der Waals surface area contributed by atoms with Crippen molar-refractivity contribution in [1.29, 1.82) is 0 Å². The number of aromatic nitrogens is 4. The number of hydrogen-bond donors (Lipinski definition) is 1. The molecule has 1 aliphatic carbocycles. The Morgan fingerprint density at radius 1 is 1.19 bits per heavy atom. The first-order valence-corrected chi connectivity index (χ1v) is 10.0. The van der Waals surface area contributed by atoms with Crippen LogP contribution in [0.4, 0.5) is 11.6 Å². The molecule has 1 N–H and O–H groups in total. The lowest BCUT2D eigenvalue weighted by Gasteiger charge is -2.13. The molecule has 0 unspecified atom stereocenters. The summed E-state index contributed by atoms with van der Waals surface area (Å²) in [6.07, 6.45) is 4.44. The van der Waals surface area contributed by atoms with Crippen molar-refractivity contribution in [3.8, 4) is 0 Å². The summed E-state index contributed by atoms with van der Waals surface area (Å²) in [6, 6.07) is 0.285. The summed E-state index contributed by atoms with van der Waals surface area (Å²) in [4.78, 5) is 20.0. The summed E-state index contributed by atoms with van der Waals surface area (Å²) >= 11 is 1.68. The Hall–Kier alpha value is -2.15. The van der Waals surface area contributed by atoms with Crippen molar-refractivity contribution >= 4 is 33.2 Å². The van der Waals surface area contributed by atoms with Gasteiger partial charge in [-0.3, -0.25) is 14.0 Å². The Kier molecular flexibility index (Phi) is 4.14. The number of fused-ring (bicyclic) bond motifs is 3. The van der Waals surface area contributed by atoms with Crippen LogP contribution in [-0.2, 0) is 19.9 Å². The minimum atomic E-state index is 0.0449. The van der Waals surface area contributed by atoms with E-state index in [1.54, 1.807) is 23.0 Å². The average molecular weight is 372 g/mol. The van der Waals surface area contributed by atoms with Gasteiger partial charge < -0.3 is 5.32 Å². The monoisotopic (exact) mass is 371 g/mol. The van der Waals surface area contributed by atoms with Crippen LogP contribution < -0.4 is 10.9 Å². The molecule has 0 saturated heterocycles. The van der Waals surface area contributed by atoms with Gasteiger partial charge in [-0.1, -0.05) is 0 Å². The Labute approximate surface area is 156 Å². The molecule has 0 aliphatic heterocycles. The third-order valence-electron chi connectivity index (χ3n) is 5.25. The predicted octanol–water partition coefficient (Wildman–Crippen LogP) is 4.01. The summed E-state index contributed by atoms with van der Waals surface area (Å²) in [5.41, 5.74) is 4.18. The van der Waals surface area contributed by atoms with Gasteiger partial charge in [-0.05, 0) is 58.9 Å². The van der Waals surface area contributed by atoms with E-state index >= 15 is 0 Å². The Morgan fingerprint density at radius 3 is 2.62 bits per heavy atom. The molecule has 26 heavy (non-hydrogen) atoms. The van der Waals surface area contributed by atoms with E-state index in [9.17, 15) is 4.79 Å². The van der Waals surface area contributed by atoms with Crippen molar-refractivity contribution in [2.75, 3.05) is 5.32 Å². The molecule has 0 atom stereocenters. The molecular formula is C19H25N5OS. The zero-order valence-corrected chi connectivity index (χ0v) is 16.8. The molecular weight excluding hydrogens is 346 g/mol. The van der Waals surface area contributed by atoms with E-state index in [1.165, 1.54) is 16.9 Å². The third kappa shape index (κ3) is 2.57. The summed E-state index contributed by atoms with van der Waals surface area (Å²) in [5, 5.41) is 8.81. The van der Waals surface area contributed by atoms with Crippen LogP contribution in [0.2, 0.25) is 0 Å². The lowest BCUT2D eigenvalue weighted by atomic mass is 9.97. The first-order chi connectivity index (χ1) is 12.4. The molecule has 1 aliphatic rings. The molecule has 7 heteroatoms. The second-order valence-corrected chi connectivity index (χ2v) is 8.48. The highest BCUT2D eigenvalue weighted by molar-refractivity contribution is 7.18. The fourth-order valence-electron chi connectivity index (χ4n) is 3.86. The molecule has 0 amide bonds. The van der Waals surface area contributed by atoms with Crippen molar-refractivity contribution in [3.63, 3.8) is 0 Å². The quantitative estimate of drug-likeness (QED) is 0.755. The highest BCUT2D eigenvalue weighted by Crippen LogP contribution is 2.34. The standard InChI is InChI=1S/C19H25N5OS/c1-10(2)24-12(4)16(11(3)22-24)20-19-21-17-15(18(25)23(19)5)13-8-6-7-9-14(13)26-17/h10H,6-9H2,1-5H3,(H,20,21). The van der Waals surface area contributed by atoms with Crippen LogP contribution in [0.5, 0.6) is 0 Å². The summed E-state index contributed by atoms with van der Waals surface area (Å²) < 4.78 is 3.63. The zero-order valence-electron chi connectivity index (χ0n) is 16.0. The van der Waals surface area contributed by atoms with Gasteiger partial charge in [-0.15, -0.1) is 11.3 Å². The molecule has 6 nitrogen and oxygen atoms in total. The van der Waals surface area contributed by atoms with Gasteiger partial charge >= 0.3 is 0 Å². The van der Waals surface area contributed by atoms with E-state index in [4.69, 9.17) is 4.98 Å². The predicted molar refractivity (Wildman–Crippen MR) is 107 cm³/mol. The molecule has 3 aromatic heterocycles. The largest absolute Gasteiger partial charge is 0.322 e. The molecule has 0 radical (unpaired) electrons. The van der Waals surface area contributed by atoms with E-state index in [0.717, 1.165) is 46.6 Å². The van der Waals surface area contributed by atoms with Gasteiger partial charge in [0.05, 0.1) is 22.5 Å². The highest BCUT2D eigenvalue weighted by Gasteiger charge is 2.22. The maximum atomic E-state index is 13.0. The maximum Gasteiger partial charge on any atom is 0.263 e. The van der Waals surface area contributed by atoms with Crippen molar-refractivity contribution < 1.29 is 0 Å². The molecule has 0 fully saturated rings. The summed E-state index contributed by atoms with van der Waals surface area (Å²) in [7, 11) is 1.79. The van der Waals surface area contributed by atoms with E-state index in [0.29, 0.717) is 5.95 Å². The molecule has 3 heterocycles. The molecule has 0 spiro atoms. The van der Waals surface area contributed by atoms with Crippen LogP contribution in [0.3, 0.4) is 0 Å². The minimum absolute atomic E-state index is 0.0449. The highest BCUT2D eigenvalue weighted by atomic mass is 32.1. The smallest absolute Gasteiger partial charge is 0.263 e.